The first-order chi connectivity index (χ1) is 10.4. The van der Waals surface area contributed by atoms with E-state index in [1.165, 1.54) is 0 Å². The second-order valence-corrected chi connectivity index (χ2v) is 7.57. The van der Waals surface area contributed by atoms with Crippen molar-refractivity contribution in [1.82, 2.24) is 0 Å². The third-order valence-corrected chi connectivity index (χ3v) is 2.81. The summed E-state index contributed by atoms with van der Waals surface area (Å²) in [6.07, 6.45) is 5.07. The van der Waals surface area contributed by atoms with E-state index >= 15 is 0 Å². The summed E-state index contributed by atoms with van der Waals surface area (Å²) in [7, 11) is -10.7. The molecule has 0 radical (unpaired) electrons. The number of halogens is 6. The summed E-state index contributed by atoms with van der Waals surface area (Å²) in [5.41, 5.74) is 4.11. The molecule has 11 heteroatoms. The van der Waals surface area contributed by atoms with Crippen LogP contribution in [0.2, 0.25) is 0 Å². The molecule has 0 aliphatic carbocycles. The molecular weight excluding hydrogens is 363 g/mol. The topological polar surface area (TPSA) is 74.2 Å². The molecule has 0 aliphatic rings. The molecule has 0 heterocycles. The number of quaternary nitrogens is 1. The van der Waals surface area contributed by atoms with Gasteiger partial charge in [-0.25, -0.2) is 4.79 Å². The SMILES string of the molecule is C=CC(=O)OCC(O)CC([NH3+])(CCC)CCC.F[P-](F)(F)(F)(F)F. The van der Waals surface area contributed by atoms with Crippen LogP contribution in [0.25, 0.3) is 0 Å². The van der Waals surface area contributed by atoms with Gasteiger partial charge in [0.05, 0.1) is 11.6 Å². The van der Waals surface area contributed by atoms with E-state index < -0.39 is 19.9 Å². The van der Waals surface area contributed by atoms with Crippen LogP contribution in [0, 0.1) is 0 Å². The third-order valence-electron chi connectivity index (χ3n) is 2.81. The van der Waals surface area contributed by atoms with Gasteiger partial charge in [0.15, 0.2) is 0 Å². The minimum absolute atomic E-state index is 0.0234. The van der Waals surface area contributed by atoms with Crippen molar-refractivity contribution in [2.45, 2.75) is 57.6 Å². The van der Waals surface area contributed by atoms with E-state index in [-0.39, 0.29) is 12.1 Å². The molecule has 24 heavy (non-hydrogen) atoms. The Morgan fingerprint density at radius 2 is 1.58 bits per heavy atom. The van der Waals surface area contributed by atoms with E-state index in [1.54, 1.807) is 0 Å². The van der Waals surface area contributed by atoms with Crippen molar-refractivity contribution >= 4 is 13.8 Å². The Bertz CT molecular complexity index is 395. The first-order valence-electron chi connectivity index (χ1n) is 7.31. The van der Waals surface area contributed by atoms with Crippen molar-refractivity contribution in [3.05, 3.63) is 12.7 Å². The van der Waals surface area contributed by atoms with Crippen LogP contribution in [-0.2, 0) is 9.53 Å². The summed E-state index contributed by atoms with van der Waals surface area (Å²) in [4.78, 5) is 10.9. The van der Waals surface area contributed by atoms with Gasteiger partial charge in [0.25, 0.3) is 0 Å². The Labute approximate surface area is 137 Å². The van der Waals surface area contributed by atoms with Crippen LogP contribution in [0.4, 0.5) is 25.2 Å². The number of aliphatic hydroxyl groups excluding tert-OH is 1. The molecule has 0 rings (SSSR count). The molecule has 0 aromatic rings. The van der Waals surface area contributed by atoms with Crippen LogP contribution in [-0.4, -0.2) is 29.3 Å². The molecule has 0 saturated carbocycles. The molecule has 0 spiro atoms. The van der Waals surface area contributed by atoms with E-state index in [2.05, 4.69) is 26.2 Å². The molecule has 0 aromatic carbocycles. The molecule has 4 nitrogen and oxygen atoms in total. The maximum absolute atomic E-state index is 10.9. The quantitative estimate of drug-likeness (QED) is 0.265. The van der Waals surface area contributed by atoms with Gasteiger partial charge in [0, 0.05) is 25.3 Å². The van der Waals surface area contributed by atoms with Crippen LogP contribution >= 0.6 is 7.81 Å². The van der Waals surface area contributed by atoms with E-state index in [1.807, 2.05) is 0 Å². The van der Waals surface area contributed by atoms with Crippen molar-refractivity contribution in [1.29, 1.82) is 0 Å². The van der Waals surface area contributed by atoms with E-state index in [9.17, 15) is 35.1 Å². The number of aliphatic hydroxyl groups is 1. The predicted octanol–water partition coefficient (Wildman–Crippen LogP) is 4.43. The summed E-state index contributed by atoms with van der Waals surface area (Å²) in [6.45, 7) is 7.55. The van der Waals surface area contributed by atoms with Gasteiger partial charge in [-0.05, 0) is 0 Å². The molecule has 1 unspecified atom stereocenters. The maximum atomic E-state index is 10.9. The average Bonchev–Trinajstić information content (AvgIpc) is 2.32. The summed E-state index contributed by atoms with van der Waals surface area (Å²) in [5, 5.41) is 9.83. The van der Waals surface area contributed by atoms with Crippen LogP contribution in [0.3, 0.4) is 0 Å². The van der Waals surface area contributed by atoms with Gasteiger partial charge in [-0.1, -0.05) is 33.3 Å². The fourth-order valence-corrected chi connectivity index (χ4v) is 2.19. The molecule has 1 atom stereocenters. The number of hydrogen-bond acceptors (Lipinski definition) is 3. The molecule has 0 saturated heterocycles. The van der Waals surface area contributed by atoms with Crippen LogP contribution in [0.5, 0.6) is 0 Å². The zero-order chi connectivity index (χ0) is 19.7. The van der Waals surface area contributed by atoms with Gasteiger partial charge >= 0.3 is 39.0 Å². The Hall–Kier alpha value is -0.860. The van der Waals surface area contributed by atoms with Crippen molar-refractivity contribution in [2.24, 2.45) is 0 Å². The average molecular weight is 389 g/mol. The predicted molar refractivity (Wildman–Crippen MR) is 80.8 cm³/mol. The zero-order valence-corrected chi connectivity index (χ0v) is 14.7. The number of rotatable bonds is 9. The minimum atomic E-state index is -10.7. The van der Waals surface area contributed by atoms with Gasteiger partial charge in [0.1, 0.15) is 6.61 Å². The van der Waals surface area contributed by atoms with Crippen molar-refractivity contribution < 1.29 is 45.6 Å². The van der Waals surface area contributed by atoms with Crippen LogP contribution < -0.4 is 5.73 Å². The fraction of sp³-hybridized carbons (Fsp3) is 0.769. The Balaban J connectivity index is 0. The van der Waals surface area contributed by atoms with Gasteiger partial charge in [0.2, 0.25) is 0 Å². The number of carbonyl (C=O) groups excluding carboxylic acids is 1. The summed E-state index contributed by atoms with van der Waals surface area (Å²) >= 11 is 0. The molecule has 0 aromatic heterocycles. The molecule has 4 N–H and O–H groups in total. The first-order valence-corrected chi connectivity index (χ1v) is 9.34. The normalized spacial score (nSPS) is 16.1. The van der Waals surface area contributed by atoms with E-state index in [0.29, 0.717) is 6.42 Å². The summed E-state index contributed by atoms with van der Waals surface area (Å²) < 4.78 is 64.0. The second-order valence-electron chi connectivity index (χ2n) is 5.65. The number of ether oxygens (including phenoxy) is 1. The summed E-state index contributed by atoms with van der Waals surface area (Å²) in [5.74, 6) is -0.496. The van der Waals surface area contributed by atoms with Gasteiger partial charge in [-0.15, -0.1) is 0 Å². The monoisotopic (exact) mass is 389 g/mol. The second kappa shape index (κ2) is 8.49. The molecule has 0 bridgehead atoms. The van der Waals surface area contributed by atoms with Crippen LogP contribution in [0.1, 0.15) is 46.0 Å². The number of hydrogen-bond donors (Lipinski definition) is 2. The Morgan fingerprint density at radius 3 is 1.88 bits per heavy atom. The van der Waals surface area contributed by atoms with E-state index in [4.69, 9.17) is 4.74 Å². The molecular formula is C13H26F6NO3P. The molecule has 0 aliphatic heterocycles. The number of carbonyl (C=O) groups is 1. The summed E-state index contributed by atoms with van der Waals surface area (Å²) in [6, 6.07) is 0. The third kappa shape index (κ3) is 23.4. The standard InChI is InChI=1S/C13H25NO3.F6P/c1-4-7-13(14,8-5-2)9-11(15)10-17-12(16)6-3;1-7(2,3,4,5)6/h6,11,15H,3-5,7-10,14H2,1-2H3;/q;-1/p+1. The zero-order valence-electron chi connectivity index (χ0n) is 13.8. The van der Waals surface area contributed by atoms with Gasteiger partial charge in [-0.3, -0.25) is 0 Å². The molecule has 148 valence electrons. The number of esters is 1. The molecule has 0 amide bonds. The Kier molecular flexibility index (Phi) is 8.98. The van der Waals surface area contributed by atoms with Gasteiger partial charge < -0.3 is 15.6 Å². The van der Waals surface area contributed by atoms with Crippen molar-refractivity contribution in [3.63, 3.8) is 0 Å². The van der Waals surface area contributed by atoms with Crippen molar-refractivity contribution in [3.8, 4) is 0 Å². The van der Waals surface area contributed by atoms with Crippen molar-refractivity contribution in [2.75, 3.05) is 6.61 Å². The van der Waals surface area contributed by atoms with Gasteiger partial charge in [-0.2, -0.15) is 0 Å². The molecule has 0 fully saturated rings. The first kappa shape index (κ1) is 25.4. The fourth-order valence-electron chi connectivity index (χ4n) is 2.19. The Morgan fingerprint density at radius 1 is 1.21 bits per heavy atom. The van der Waals surface area contributed by atoms with E-state index in [0.717, 1.165) is 31.8 Å². The van der Waals surface area contributed by atoms with Crippen LogP contribution in [0.15, 0.2) is 12.7 Å².